The smallest absolute Gasteiger partial charge is 0.288 e. The first-order chi connectivity index (χ1) is 7.66. The maximum absolute atomic E-state index is 13.6. The molecule has 6 N–H and O–H groups in total. The van der Waals surface area contributed by atoms with E-state index in [1.807, 2.05) is 0 Å². The second-order valence-corrected chi connectivity index (χ2v) is 5.66. The molecule has 17 heavy (non-hydrogen) atoms. The Morgan fingerprint density at radius 2 is 2.00 bits per heavy atom. The summed E-state index contributed by atoms with van der Waals surface area (Å²) in [5.74, 6) is -1.90. The van der Waals surface area contributed by atoms with Crippen LogP contribution in [-0.2, 0) is 10.0 Å². The zero-order valence-electron chi connectivity index (χ0n) is 8.12. The van der Waals surface area contributed by atoms with Crippen molar-refractivity contribution in [1.29, 1.82) is 0 Å². The second-order valence-electron chi connectivity index (χ2n) is 2.89. The van der Waals surface area contributed by atoms with Crippen molar-refractivity contribution in [3.05, 3.63) is 21.4 Å². The predicted molar refractivity (Wildman–Crippen MR) is 66.5 cm³/mol. The van der Waals surface area contributed by atoms with Crippen molar-refractivity contribution in [2.24, 2.45) is 15.9 Å². The van der Waals surface area contributed by atoms with E-state index in [0.717, 1.165) is 6.07 Å². The third kappa shape index (κ3) is 2.79. The molecule has 0 spiro atoms. The van der Waals surface area contributed by atoms with Crippen LogP contribution in [-0.4, -0.2) is 14.4 Å². The molecule has 0 radical (unpaired) electrons. The first kappa shape index (κ1) is 14.0. The summed E-state index contributed by atoms with van der Waals surface area (Å²) in [6.07, 6.45) is 0. The van der Waals surface area contributed by atoms with Gasteiger partial charge in [0.2, 0.25) is 5.96 Å². The number of hydrogen-bond donors (Lipinski definition) is 3. The van der Waals surface area contributed by atoms with Crippen LogP contribution < -0.4 is 17.2 Å². The van der Waals surface area contributed by atoms with Crippen LogP contribution in [0.25, 0.3) is 0 Å². The molecular formula is C7H7BrClFN4O2S. The van der Waals surface area contributed by atoms with Gasteiger partial charge in [0.1, 0.15) is 4.90 Å². The molecule has 0 atom stereocenters. The SMILES string of the molecule is NC(N)=NS(=O)(=O)c1cc(Cl)c(Br)c(N)c1F. The lowest BCUT2D eigenvalue weighted by Gasteiger charge is -2.07. The van der Waals surface area contributed by atoms with Gasteiger partial charge < -0.3 is 17.2 Å². The number of nitrogens with zero attached hydrogens (tertiary/aromatic N) is 1. The number of nitrogen functional groups attached to an aromatic ring is 1. The first-order valence-electron chi connectivity index (χ1n) is 3.95. The quantitative estimate of drug-likeness (QED) is 0.316. The Bertz CT molecular complexity index is 600. The minimum Gasteiger partial charge on any atom is -0.395 e. The zero-order chi connectivity index (χ0) is 13.4. The number of halogens is 3. The Kier molecular flexibility index (Phi) is 3.84. The van der Waals surface area contributed by atoms with Crippen LogP contribution in [0.5, 0.6) is 0 Å². The molecule has 0 aliphatic rings. The molecule has 0 amide bonds. The van der Waals surface area contributed by atoms with Gasteiger partial charge in [-0.3, -0.25) is 0 Å². The van der Waals surface area contributed by atoms with Crippen molar-refractivity contribution < 1.29 is 12.8 Å². The molecule has 94 valence electrons. The average Bonchev–Trinajstić information content (AvgIpc) is 2.18. The van der Waals surface area contributed by atoms with Gasteiger partial charge in [-0.25, -0.2) is 4.39 Å². The minimum atomic E-state index is -4.37. The molecule has 0 saturated carbocycles. The highest BCUT2D eigenvalue weighted by Gasteiger charge is 2.23. The lowest BCUT2D eigenvalue weighted by atomic mass is 10.3. The van der Waals surface area contributed by atoms with E-state index in [9.17, 15) is 12.8 Å². The summed E-state index contributed by atoms with van der Waals surface area (Å²) in [4.78, 5) is -0.795. The molecule has 1 aromatic rings. The van der Waals surface area contributed by atoms with Gasteiger partial charge in [0, 0.05) is 0 Å². The van der Waals surface area contributed by atoms with Crippen molar-refractivity contribution in [3.63, 3.8) is 0 Å². The van der Waals surface area contributed by atoms with Crippen LogP contribution in [0.15, 0.2) is 19.8 Å². The molecule has 0 heterocycles. The molecule has 0 aromatic heterocycles. The van der Waals surface area contributed by atoms with E-state index in [0.29, 0.717) is 0 Å². The maximum Gasteiger partial charge on any atom is 0.288 e. The fourth-order valence-corrected chi connectivity index (χ4v) is 2.52. The fourth-order valence-electron chi connectivity index (χ4n) is 0.975. The largest absolute Gasteiger partial charge is 0.395 e. The Balaban J connectivity index is 3.60. The van der Waals surface area contributed by atoms with Gasteiger partial charge in [-0.2, -0.15) is 8.42 Å². The van der Waals surface area contributed by atoms with Gasteiger partial charge in [-0.05, 0) is 22.0 Å². The molecule has 0 aliphatic carbocycles. The number of sulfonamides is 1. The lowest BCUT2D eigenvalue weighted by Crippen LogP contribution is -2.24. The number of guanidine groups is 1. The number of hydrogen-bond acceptors (Lipinski definition) is 3. The van der Waals surface area contributed by atoms with Gasteiger partial charge in [-0.15, -0.1) is 4.40 Å². The molecule has 0 fully saturated rings. The summed E-state index contributed by atoms with van der Waals surface area (Å²) in [5.41, 5.74) is 14.7. The van der Waals surface area contributed by atoms with Gasteiger partial charge in [0.05, 0.1) is 15.2 Å². The zero-order valence-corrected chi connectivity index (χ0v) is 11.3. The van der Waals surface area contributed by atoms with E-state index in [-0.39, 0.29) is 9.50 Å². The Hall–Kier alpha value is -1.06. The summed E-state index contributed by atoms with van der Waals surface area (Å²) in [5, 5.41) is -0.0757. The van der Waals surface area contributed by atoms with Crippen molar-refractivity contribution in [2.45, 2.75) is 4.90 Å². The van der Waals surface area contributed by atoms with Gasteiger partial charge in [-0.1, -0.05) is 11.6 Å². The third-order valence-electron chi connectivity index (χ3n) is 1.66. The summed E-state index contributed by atoms with van der Waals surface area (Å²) in [6, 6.07) is 0.860. The fraction of sp³-hybridized carbons (Fsp3) is 0. The molecule has 0 bridgehead atoms. The van der Waals surface area contributed by atoms with Crippen molar-refractivity contribution in [3.8, 4) is 0 Å². The van der Waals surface area contributed by atoms with Gasteiger partial charge in [0.15, 0.2) is 5.82 Å². The van der Waals surface area contributed by atoms with Crippen molar-refractivity contribution in [2.75, 3.05) is 5.73 Å². The van der Waals surface area contributed by atoms with E-state index in [1.54, 1.807) is 0 Å². The third-order valence-corrected chi connectivity index (χ3v) is 4.35. The van der Waals surface area contributed by atoms with E-state index >= 15 is 0 Å². The Morgan fingerprint density at radius 1 is 1.47 bits per heavy atom. The number of anilines is 1. The minimum absolute atomic E-state index is 0.0558. The molecule has 10 heteroatoms. The lowest BCUT2D eigenvalue weighted by molar-refractivity contribution is 0.570. The van der Waals surface area contributed by atoms with Gasteiger partial charge in [0.25, 0.3) is 10.0 Å². The maximum atomic E-state index is 13.6. The van der Waals surface area contributed by atoms with Crippen LogP contribution in [0.1, 0.15) is 0 Å². The predicted octanol–water partition coefficient (Wildman–Crippen LogP) is 0.786. The Labute approximate surface area is 110 Å². The number of nitrogens with two attached hydrogens (primary N) is 3. The van der Waals surface area contributed by atoms with Crippen LogP contribution in [0.2, 0.25) is 5.02 Å². The van der Waals surface area contributed by atoms with Crippen LogP contribution in [0.4, 0.5) is 10.1 Å². The molecule has 6 nitrogen and oxygen atoms in total. The summed E-state index contributed by atoms with van der Waals surface area (Å²) in [6.45, 7) is 0. The number of benzene rings is 1. The molecule has 1 rings (SSSR count). The average molecular weight is 346 g/mol. The molecule has 0 unspecified atom stereocenters. The van der Waals surface area contributed by atoms with Gasteiger partial charge >= 0.3 is 0 Å². The summed E-state index contributed by atoms with van der Waals surface area (Å²) in [7, 11) is -4.37. The highest BCUT2D eigenvalue weighted by molar-refractivity contribution is 9.10. The standard InChI is InChI=1S/C7H7BrClFN4O2S/c8-4-2(9)1-3(5(10)6(4)11)17(15,16)14-7(12)13/h1H,11H2,(H4,12,13,14). The molecule has 0 saturated heterocycles. The molecule has 1 aromatic carbocycles. The molecule has 0 aliphatic heterocycles. The summed E-state index contributed by atoms with van der Waals surface area (Å²) >= 11 is 8.57. The topological polar surface area (TPSA) is 125 Å². The first-order valence-corrected chi connectivity index (χ1v) is 6.56. The van der Waals surface area contributed by atoms with E-state index in [2.05, 4.69) is 20.3 Å². The van der Waals surface area contributed by atoms with Crippen LogP contribution in [0.3, 0.4) is 0 Å². The van der Waals surface area contributed by atoms with Crippen molar-refractivity contribution in [1.82, 2.24) is 0 Å². The highest BCUT2D eigenvalue weighted by Crippen LogP contribution is 2.35. The van der Waals surface area contributed by atoms with Crippen molar-refractivity contribution >= 4 is 49.2 Å². The monoisotopic (exact) mass is 344 g/mol. The van der Waals surface area contributed by atoms with E-state index in [4.69, 9.17) is 28.8 Å². The van der Waals surface area contributed by atoms with E-state index in [1.165, 1.54) is 0 Å². The van der Waals surface area contributed by atoms with Crippen LogP contribution in [0, 0.1) is 5.82 Å². The second kappa shape index (κ2) is 4.67. The Morgan fingerprint density at radius 3 is 2.47 bits per heavy atom. The van der Waals surface area contributed by atoms with E-state index < -0.39 is 32.4 Å². The van der Waals surface area contributed by atoms with Crippen LogP contribution >= 0.6 is 27.5 Å². The number of rotatable bonds is 2. The summed E-state index contributed by atoms with van der Waals surface area (Å²) < 4.78 is 39.8. The normalized spacial score (nSPS) is 11.2. The highest BCUT2D eigenvalue weighted by atomic mass is 79.9. The molecular weight excluding hydrogens is 339 g/mol.